The lowest BCUT2D eigenvalue weighted by Crippen LogP contribution is -2.40. The van der Waals surface area contributed by atoms with E-state index in [2.05, 4.69) is 5.32 Å². The molecule has 0 aromatic heterocycles. The number of sulfonamides is 1. The monoisotopic (exact) mass is 341 g/mol. The Hall–Kier alpha value is -1.48. The number of rotatable bonds is 6. The molecule has 7 nitrogen and oxygen atoms in total. The summed E-state index contributed by atoms with van der Waals surface area (Å²) in [6.45, 7) is 3.74. The van der Waals surface area contributed by atoms with Gasteiger partial charge in [0.1, 0.15) is 0 Å². The molecule has 1 aliphatic heterocycles. The molecule has 1 saturated heterocycles. The molecule has 1 atom stereocenters. The van der Waals surface area contributed by atoms with Crippen LogP contribution in [0.1, 0.15) is 23.7 Å². The molecule has 0 spiro atoms. The number of nitrogens with one attached hydrogen (secondary N) is 1. The van der Waals surface area contributed by atoms with Gasteiger partial charge in [0, 0.05) is 31.2 Å². The highest BCUT2D eigenvalue weighted by molar-refractivity contribution is 7.89. The van der Waals surface area contributed by atoms with E-state index in [-0.39, 0.29) is 16.8 Å². The fourth-order valence-corrected chi connectivity index (χ4v) is 3.70. The van der Waals surface area contributed by atoms with E-state index in [0.29, 0.717) is 44.8 Å². The first-order valence-corrected chi connectivity index (χ1v) is 9.07. The molecular formula is C15H23N3O4S. The largest absolute Gasteiger partial charge is 0.379 e. The first-order valence-electron chi connectivity index (χ1n) is 7.63. The smallest absolute Gasteiger partial charge is 0.251 e. The van der Waals surface area contributed by atoms with Gasteiger partial charge in [-0.1, -0.05) is 6.07 Å². The molecule has 1 aromatic rings. The minimum absolute atomic E-state index is 0.00309. The Morgan fingerprint density at radius 3 is 2.74 bits per heavy atom. The minimum atomic E-state index is -3.60. The number of hydrogen-bond donors (Lipinski definition) is 2. The second-order valence-electron chi connectivity index (χ2n) is 5.57. The zero-order chi connectivity index (χ0) is 16.9. The van der Waals surface area contributed by atoms with Crippen LogP contribution in [0.4, 0.5) is 0 Å². The lowest BCUT2D eigenvalue weighted by molar-refractivity contribution is 0.0730. The number of amides is 1. The average molecular weight is 341 g/mol. The van der Waals surface area contributed by atoms with Gasteiger partial charge in [0.25, 0.3) is 5.91 Å². The van der Waals surface area contributed by atoms with Gasteiger partial charge in [-0.25, -0.2) is 8.42 Å². The Morgan fingerprint density at radius 1 is 1.39 bits per heavy atom. The SMILES string of the molecule is CC(N)CCNC(=O)c1cccc(S(=O)(=O)N2CCOCC2)c1. The third kappa shape index (κ3) is 4.74. The summed E-state index contributed by atoms with van der Waals surface area (Å²) in [6.07, 6.45) is 0.664. The summed E-state index contributed by atoms with van der Waals surface area (Å²) < 4.78 is 31.7. The fraction of sp³-hybridized carbons (Fsp3) is 0.533. The van der Waals surface area contributed by atoms with Gasteiger partial charge in [-0.15, -0.1) is 0 Å². The maximum absolute atomic E-state index is 12.6. The number of hydrogen-bond acceptors (Lipinski definition) is 5. The summed E-state index contributed by atoms with van der Waals surface area (Å²) in [5, 5.41) is 2.74. The molecule has 0 bridgehead atoms. The standard InChI is InChI=1S/C15H23N3O4S/c1-12(16)5-6-17-15(19)13-3-2-4-14(11-13)23(20,21)18-7-9-22-10-8-18/h2-4,11-12H,5-10,16H2,1H3,(H,17,19). The van der Waals surface area contributed by atoms with E-state index >= 15 is 0 Å². The van der Waals surface area contributed by atoms with Crippen LogP contribution in [-0.2, 0) is 14.8 Å². The van der Waals surface area contributed by atoms with E-state index in [1.165, 1.54) is 16.4 Å². The van der Waals surface area contributed by atoms with Gasteiger partial charge < -0.3 is 15.8 Å². The van der Waals surface area contributed by atoms with Crippen molar-refractivity contribution in [3.8, 4) is 0 Å². The maximum atomic E-state index is 12.6. The molecule has 2 rings (SSSR count). The summed E-state index contributed by atoms with van der Waals surface area (Å²) in [5.74, 6) is -0.301. The summed E-state index contributed by atoms with van der Waals surface area (Å²) in [5.41, 5.74) is 5.96. The van der Waals surface area contributed by atoms with Crippen LogP contribution in [0.15, 0.2) is 29.2 Å². The van der Waals surface area contributed by atoms with Crippen LogP contribution in [0.3, 0.4) is 0 Å². The van der Waals surface area contributed by atoms with Crippen molar-refractivity contribution >= 4 is 15.9 Å². The molecule has 1 aliphatic rings. The second-order valence-corrected chi connectivity index (χ2v) is 7.50. The van der Waals surface area contributed by atoms with Crippen molar-refractivity contribution in [1.29, 1.82) is 0 Å². The van der Waals surface area contributed by atoms with Crippen LogP contribution in [0.2, 0.25) is 0 Å². The van der Waals surface area contributed by atoms with Gasteiger partial charge in [0.05, 0.1) is 18.1 Å². The van der Waals surface area contributed by atoms with Crippen molar-refractivity contribution < 1.29 is 17.9 Å². The highest BCUT2D eigenvalue weighted by Crippen LogP contribution is 2.18. The molecule has 1 aromatic carbocycles. The molecule has 1 amide bonds. The predicted octanol–water partition coefficient (Wildman–Crippen LogP) is 0.175. The van der Waals surface area contributed by atoms with Gasteiger partial charge >= 0.3 is 0 Å². The topological polar surface area (TPSA) is 102 Å². The zero-order valence-electron chi connectivity index (χ0n) is 13.2. The maximum Gasteiger partial charge on any atom is 0.251 e. The number of carbonyl (C=O) groups is 1. The number of carbonyl (C=O) groups excluding carboxylic acids is 1. The summed E-state index contributed by atoms with van der Waals surface area (Å²) in [7, 11) is -3.60. The van der Waals surface area contributed by atoms with E-state index in [0.717, 1.165) is 0 Å². The number of nitrogens with two attached hydrogens (primary N) is 1. The van der Waals surface area contributed by atoms with Crippen LogP contribution in [-0.4, -0.2) is 57.5 Å². The molecule has 1 unspecified atom stereocenters. The number of ether oxygens (including phenoxy) is 1. The van der Waals surface area contributed by atoms with Crippen molar-refractivity contribution in [2.24, 2.45) is 5.73 Å². The van der Waals surface area contributed by atoms with Gasteiger partial charge in [-0.05, 0) is 31.5 Å². The third-order valence-corrected chi connectivity index (χ3v) is 5.48. The van der Waals surface area contributed by atoms with Gasteiger partial charge in [-0.2, -0.15) is 4.31 Å². The summed E-state index contributed by atoms with van der Waals surface area (Å²) >= 11 is 0. The van der Waals surface area contributed by atoms with Crippen molar-refractivity contribution in [3.05, 3.63) is 29.8 Å². The molecule has 3 N–H and O–H groups in total. The Morgan fingerprint density at radius 2 is 2.09 bits per heavy atom. The summed E-state index contributed by atoms with van der Waals surface area (Å²) in [6, 6.07) is 6.09. The Kier molecular flexibility index (Phi) is 6.11. The van der Waals surface area contributed by atoms with Crippen LogP contribution < -0.4 is 11.1 Å². The van der Waals surface area contributed by atoms with Crippen LogP contribution >= 0.6 is 0 Å². The van der Waals surface area contributed by atoms with E-state index in [4.69, 9.17) is 10.5 Å². The van der Waals surface area contributed by atoms with Crippen molar-refractivity contribution in [2.75, 3.05) is 32.8 Å². The highest BCUT2D eigenvalue weighted by atomic mass is 32.2. The Labute approximate surface area is 136 Å². The predicted molar refractivity (Wildman–Crippen MR) is 86.6 cm³/mol. The molecule has 128 valence electrons. The molecule has 1 heterocycles. The molecule has 23 heavy (non-hydrogen) atoms. The first-order chi connectivity index (χ1) is 10.9. The molecular weight excluding hydrogens is 318 g/mol. The van der Waals surface area contributed by atoms with Crippen LogP contribution in [0.25, 0.3) is 0 Å². The Balaban J connectivity index is 2.11. The van der Waals surface area contributed by atoms with Gasteiger partial charge in [-0.3, -0.25) is 4.79 Å². The fourth-order valence-electron chi connectivity index (χ4n) is 2.25. The number of morpholine rings is 1. The summed E-state index contributed by atoms with van der Waals surface area (Å²) in [4.78, 5) is 12.2. The van der Waals surface area contributed by atoms with E-state index < -0.39 is 10.0 Å². The molecule has 1 fully saturated rings. The lowest BCUT2D eigenvalue weighted by atomic mass is 10.2. The Bertz CT molecular complexity index is 640. The molecule has 0 saturated carbocycles. The van der Waals surface area contributed by atoms with Crippen molar-refractivity contribution in [2.45, 2.75) is 24.3 Å². The molecule has 0 aliphatic carbocycles. The molecule has 0 radical (unpaired) electrons. The van der Waals surface area contributed by atoms with Crippen molar-refractivity contribution in [1.82, 2.24) is 9.62 Å². The average Bonchev–Trinajstić information content (AvgIpc) is 2.55. The van der Waals surface area contributed by atoms with Gasteiger partial charge in [0.2, 0.25) is 10.0 Å². The minimum Gasteiger partial charge on any atom is -0.379 e. The van der Waals surface area contributed by atoms with E-state index in [1.807, 2.05) is 6.92 Å². The second kappa shape index (κ2) is 7.87. The first kappa shape index (κ1) is 17.9. The number of nitrogens with zero attached hydrogens (tertiary/aromatic N) is 1. The van der Waals surface area contributed by atoms with Gasteiger partial charge in [0.15, 0.2) is 0 Å². The quantitative estimate of drug-likeness (QED) is 0.768. The van der Waals surface area contributed by atoms with Crippen LogP contribution in [0, 0.1) is 0 Å². The highest BCUT2D eigenvalue weighted by Gasteiger charge is 2.26. The lowest BCUT2D eigenvalue weighted by Gasteiger charge is -2.26. The number of benzene rings is 1. The normalized spacial score (nSPS) is 17.7. The van der Waals surface area contributed by atoms with Crippen LogP contribution in [0.5, 0.6) is 0 Å². The molecule has 8 heteroatoms. The zero-order valence-corrected chi connectivity index (χ0v) is 14.0. The van der Waals surface area contributed by atoms with E-state index in [9.17, 15) is 13.2 Å². The van der Waals surface area contributed by atoms with E-state index in [1.54, 1.807) is 12.1 Å². The third-order valence-electron chi connectivity index (χ3n) is 3.59. The van der Waals surface area contributed by atoms with Crippen molar-refractivity contribution in [3.63, 3.8) is 0 Å².